The molecule has 1 atom stereocenters. The average molecular weight is 499 g/mol. The van der Waals surface area contributed by atoms with Gasteiger partial charge in [0.05, 0.1) is 17.9 Å². The number of hydrogen-bond donors (Lipinski definition) is 3. The maximum Gasteiger partial charge on any atom is 0.277 e. The van der Waals surface area contributed by atoms with Gasteiger partial charge in [-0.1, -0.05) is 17.4 Å². The molecule has 2 aromatic heterocycles. The molecule has 182 valence electrons. The van der Waals surface area contributed by atoms with Gasteiger partial charge in [0.15, 0.2) is 11.5 Å². The minimum atomic E-state index is -2.69. The number of carbonyl (C=O) groups is 1. The van der Waals surface area contributed by atoms with Crippen LogP contribution in [0.2, 0.25) is 0 Å². The van der Waals surface area contributed by atoms with Gasteiger partial charge in [-0.2, -0.15) is 5.10 Å². The van der Waals surface area contributed by atoms with Crippen LogP contribution in [-0.2, 0) is 6.54 Å². The lowest BCUT2D eigenvalue weighted by atomic mass is 10.2. The Morgan fingerprint density at radius 2 is 2.03 bits per heavy atom. The number of hydrogen-bond acceptors (Lipinski definition) is 7. The number of alkyl halides is 2. The topological polar surface area (TPSA) is 109 Å². The Morgan fingerprint density at radius 3 is 2.74 bits per heavy atom. The Hall–Kier alpha value is -3.19. The second kappa shape index (κ2) is 9.97. The summed E-state index contributed by atoms with van der Waals surface area (Å²) < 4.78 is 55.6. The number of aliphatic hydroxyl groups excluding tert-OH is 1. The molecular weight excluding hydrogens is 476 g/mol. The van der Waals surface area contributed by atoms with Crippen LogP contribution >= 0.6 is 11.3 Å². The number of anilines is 3. The molecular formula is C21H22F4N6O2S. The highest BCUT2D eigenvalue weighted by Gasteiger charge is 2.27. The van der Waals surface area contributed by atoms with Crippen molar-refractivity contribution < 1.29 is 27.5 Å². The molecule has 3 heterocycles. The van der Waals surface area contributed by atoms with Crippen LogP contribution in [0.3, 0.4) is 0 Å². The monoisotopic (exact) mass is 498 g/mol. The zero-order chi connectivity index (χ0) is 24.4. The number of benzene rings is 1. The van der Waals surface area contributed by atoms with Gasteiger partial charge in [-0.15, -0.1) is 0 Å². The second-order valence-corrected chi connectivity index (χ2v) is 8.86. The van der Waals surface area contributed by atoms with Gasteiger partial charge in [0.1, 0.15) is 33.9 Å². The van der Waals surface area contributed by atoms with Gasteiger partial charge in [0, 0.05) is 13.1 Å². The van der Waals surface area contributed by atoms with E-state index >= 15 is 0 Å². The van der Waals surface area contributed by atoms with Crippen LogP contribution in [0.15, 0.2) is 24.4 Å². The quantitative estimate of drug-likeness (QED) is 0.447. The smallest absolute Gasteiger partial charge is 0.277 e. The molecule has 1 aromatic carbocycles. The van der Waals surface area contributed by atoms with E-state index in [-0.39, 0.29) is 33.8 Å². The van der Waals surface area contributed by atoms with Gasteiger partial charge in [-0.05, 0) is 31.4 Å². The van der Waals surface area contributed by atoms with E-state index in [4.69, 9.17) is 5.73 Å². The zero-order valence-electron chi connectivity index (χ0n) is 17.8. The van der Waals surface area contributed by atoms with Crippen molar-refractivity contribution in [1.29, 1.82) is 0 Å². The Balaban J connectivity index is 1.65. The maximum absolute atomic E-state index is 14.1. The number of halogens is 4. The summed E-state index contributed by atoms with van der Waals surface area (Å²) in [6.45, 7) is -0.0366. The van der Waals surface area contributed by atoms with Crippen LogP contribution in [0, 0.1) is 11.6 Å². The predicted octanol–water partition coefficient (Wildman–Crippen LogP) is 3.74. The van der Waals surface area contributed by atoms with Gasteiger partial charge in [-0.25, -0.2) is 27.2 Å². The van der Waals surface area contributed by atoms with Gasteiger partial charge in [0.25, 0.3) is 12.3 Å². The number of rotatable bonds is 6. The van der Waals surface area contributed by atoms with E-state index in [1.165, 1.54) is 12.3 Å². The Kier molecular flexibility index (Phi) is 7.03. The third-order valence-corrected chi connectivity index (χ3v) is 6.26. The third kappa shape index (κ3) is 4.99. The average Bonchev–Trinajstić information content (AvgIpc) is 3.25. The van der Waals surface area contributed by atoms with Gasteiger partial charge < -0.3 is 21.1 Å². The molecule has 4 N–H and O–H groups in total. The van der Waals surface area contributed by atoms with Crippen molar-refractivity contribution in [3.63, 3.8) is 0 Å². The summed E-state index contributed by atoms with van der Waals surface area (Å²) in [5.41, 5.74) is 5.38. The molecule has 3 aromatic rings. The van der Waals surface area contributed by atoms with Crippen molar-refractivity contribution in [1.82, 2.24) is 14.8 Å². The molecule has 0 spiro atoms. The van der Waals surface area contributed by atoms with E-state index in [2.05, 4.69) is 15.4 Å². The molecule has 0 unspecified atom stereocenters. The van der Waals surface area contributed by atoms with Gasteiger partial charge >= 0.3 is 0 Å². The molecule has 0 saturated carbocycles. The molecule has 1 aliphatic heterocycles. The highest BCUT2D eigenvalue weighted by Crippen LogP contribution is 2.35. The first-order chi connectivity index (χ1) is 16.2. The molecule has 1 fully saturated rings. The summed E-state index contributed by atoms with van der Waals surface area (Å²) in [5.74, 6) is -2.26. The fourth-order valence-corrected chi connectivity index (χ4v) is 4.74. The number of nitrogens with zero attached hydrogens (tertiary/aromatic N) is 4. The molecule has 0 radical (unpaired) electrons. The minimum Gasteiger partial charge on any atom is -0.391 e. The van der Waals surface area contributed by atoms with E-state index in [0.717, 1.165) is 41.0 Å². The van der Waals surface area contributed by atoms with Crippen molar-refractivity contribution in [2.45, 2.75) is 38.3 Å². The first kappa shape index (κ1) is 24.0. The SMILES string of the molecule is Nc1sc(-c2c(F)cccc2F)nc1C(=O)Nc1cnn(CC(F)F)c1N1CCCC[C@H](O)C1. The Bertz CT molecular complexity index is 1160. The number of amides is 1. The number of aliphatic hydroxyl groups is 1. The number of nitrogens with one attached hydrogen (secondary N) is 1. The highest BCUT2D eigenvalue weighted by molar-refractivity contribution is 7.19. The van der Waals surface area contributed by atoms with E-state index in [1.807, 2.05) is 0 Å². The minimum absolute atomic E-state index is 0.0677. The van der Waals surface area contributed by atoms with E-state index in [0.29, 0.717) is 13.0 Å². The van der Waals surface area contributed by atoms with Gasteiger partial charge in [0.2, 0.25) is 0 Å². The van der Waals surface area contributed by atoms with Crippen LogP contribution < -0.4 is 16.0 Å². The maximum atomic E-state index is 14.1. The van der Waals surface area contributed by atoms with Crippen LogP contribution in [-0.4, -0.2) is 51.4 Å². The van der Waals surface area contributed by atoms with Crippen LogP contribution in [0.1, 0.15) is 29.8 Å². The predicted molar refractivity (Wildman–Crippen MR) is 120 cm³/mol. The second-order valence-electron chi connectivity index (χ2n) is 7.83. The van der Waals surface area contributed by atoms with Crippen LogP contribution in [0.5, 0.6) is 0 Å². The summed E-state index contributed by atoms with van der Waals surface area (Å²) >= 11 is 0.746. The Morgan fingerprint density at radius 1 is 1.29 bits per heavy atom. The van der Waals surface area contributed by atoms with Crippen molar-refractivity contribution in [3.05, 3.63) is 41.7 Å². The molecule has 13 heteroatoms. The summed E-state index contributed by atoms with van der Waals surface area (Å²) in [6.07, 6.45) is -0.0489. The molecule has 0 bridgehead atoms. The lowest BCUT2D eigenvalue weighted by molar-refractivity contribution is 0.102. The molecule has 1 saturated heterocycles. The Labute approximate surface area is 196 Å². The number of aromatic nitrogens is 3. The number of nitrogens with two attached hydrogens (primary N) is 1. The molecule has 34 heavy (non-hydrogen) atoms. The standard InChI is InChI=1S/C21H22F4N6O2S/c22-12-5-3-6-13(23)16(12)20-29-17(18(26)34-20)19(33)28-14-8-27-31(10-15(24)25)21(14)30-7-2-1-4-11(32)9-30/h3,5-6,8,11,15,32H,1-2,4,7,9-10,26H2,(H,28,33)/t11-/m0/s1. The molecule has 4 rings (SSSR count). The molecule has 8 nitrogen and oxygen atoms in total. The lowest BCUT2D eigenvalue weighted by Gasteiger charge is -2.26. The van der Waals surface area contributed by atoms with Crippen LogP contribution in [0.25, 0.3) is 10.6 Å². The molecule has 1 aliphatic rings. The summed E-state index contributed by atoms with van der Waals surface area (Å²) in [5, 5.41) is 16.6. The van der Waals surface area contributed by atoms with Crippen molar-refractivity contribution in [3.8, 4) is 10.6 Å². The largest absolute Gasteiger partial charge is 0.391 e. The summed E-state index contributed by atoms with van der Waals surface area (Å²) in [4.78, 5) is 18.7. The van der Waals surface area contributed by atoms with Crippen molar-refractivity contribution >= 4 is 33.8 Å². The number of thiazole rings is 1. The summed E-state index contributed by atoms with van der Waals surface area (Å²) in [7, 11) is 0. The highest BCUT2D eigenvalue weighted by atomic mass is 32.1. The van der Waals surface area contributed by atoms with Crippen LogP contribution in [0.4, 0.5) is 34.1 Å². The lowest BCUT2D eigenvalue weighted by Crippen LogP contribution is -2.34. The van der Waals surface area contributed by atoms with E-state index in [1.54, 1.807) is 4.90 Å². The van der Waals surface area contributed by atoms with Gasteiger partial charge in [-0.3, -0.25) is 4.79 Å². The fraction of sp³-hybridized carbons (Fsp3) is 0.381. The first-order valence-electron chi connectivity index (χ1n) is 10.5. The number of β-amino-alcohol motifs (C(OH)–C–C–N with tert-alkyl or cyclic N) is 1. The normalized spacial score (nSPS) is 16.6. The van der Waals surface area contributed by atoms with E-state index in [9.17, 15) is 27.5 Å². The van der Waals surface area contributed by atoms with Crippen molar-refractivity contribution in [2.75, 3.05) is 29.0 Å². The number of carbonyl (C=O) groups excluding carboxylic acids is 1. The molecule has 1 amide bonds. The first-order valence-corrected chi connectivity index (χ1v) is 11.3. The third-order valence-electron chi connectivity index (χ3n) is 5.36. The fourth-order valence-electron chi connectivity index (χ4n) is 3.86. The van der Waals surface area contributed by atoms with Crippen molar-refractivity contribution in [2.24, 2.45) is 0 Å². The summed E-state index contributed by atoms with van der Waals surface area (Å²) in [6, 6.07) is 3.33. The zero-order valence-corrected chi connectivity index (χ0v) is 18.7. The van der Waals surface area contributed by atoms with E-state index < -0.39 is 42.2 Å². The molecule has 0 aliphatic carbocycles. The number of nitrogen functional groups attached to an aromatic ring is 1.